The van der Waals surface area contributed by atoms with Crippen molar-refractivity contribution < 1.29 is 24.0 Å². The molecule has 154 valence electrons. The molecule has 1 aromatic rings. The molecular weight excluding hydrogens is 360 g/mol. The fraction of sp³-hybridized carbons (Fsp3) is 0.619. The zero-order valence-corrected chi connectivity index (χ0v) is 17.4. The molecule has 1 atom stereocenters. The Morgan fingerprint density at radius 1 is 1.04 bits per heavy atom. The summed E-state index contributed by atoms with van der Waals surface area (Å²) < 4.78 is 5.06. The third-order valence-corrected chi connectivity index (χ3v) is 6.28. The fourth-order valence-electron chi connectivity index (χ4n) is 4.26. The van der Waals surface area contributed by atoms with E-state index in [1.54, 1.807) is 14.2 Å². The predicted octanol–water partition coefficient (Wildman–Crippen LogP) is 2.08. The van der Waals surface area contributed by atoms with Gasteiger partial charge in [0.05, 0.1) is 20.3 Å². The van der Waals surface area contributed by atoms with Crippen LogP contribution in [0.25, 0.3) is 0 Å². The molecule has 2 fully saturated rings. The maximum Gasteiger partial charge on any atom is 0.262 e. The number of piperidine rings is 1. The Bertz CT molecular complexity index is 755. The SMILES string of the molecule is COCCON1C(=O)C(c2ccc(C)c(C)c2C)C(=O)C12CCN(OC)CC2. The van der Waals surface area contributed by atoms with Gasteiger partial charge in [-0.25, -0.2) is 5.06 Å². The molecule has 0 radical (unpaired) electrons. The number of hydrogen-bond donors (Lipinski definition) is 0. The van der Waals surface area contributed by atoms with E-state index < -0.39 is 11.5 Å². The highest BCUT2D eigenvalue weighted by Crippen LogP contribution is 2.44. The van der Waals surface area contributed by atoms with Gasteiger partial charge in [0, 0.05) is 20.2 Å². The number of methoxy groups -OCH3 is 1. The third-order valence-electron chi connectivity index (χ3n) is 6.28. The minimum atomic E-state index is -0.949. The lowest BCUT2D eigenvalue weighted by Crippen LogP contribution is -2.56. The summed E-state index contributed by atoms with van der Waals surface area (Å²) >= 11 is 0. The molecule has 0 aliphatic carbocycles. The monoisotopic (exact) mass is 390 g/mol. The number of aryl methyl sites for hydroxylation is 1. The van der Waals surface area contributed by atoms with Crippen LogP contribution >= 0.6 is 0 Å². The number of nitrogens with zero attached hydrogens (tertiary/aromatic N) is 2. The van der Waals surface area contributed by atoms with Crippen molar-refractivity contribution in [2.45, 2.75) is 45.1 Å². The van der Waals surface area contributed by atoms with E-state index in [-0.39, 0.29) is 18.3 Å². The van der Waals surface area contributed by atoms with Crippen molar-refractivity contribution in [1.29, 1.82) is 0 Å². The smallest absolute Gasteiger partial charge is 0.262 e. The summed E-state index contributed by atoms with van der Waals surface area (Å²) in [7, 11) is 3.20. The molecule has 2 aliphatic heterocycles. The highest BCUT2D eigenvalue weighted by atomic mass is 16.7. The van der Waals surface area contributed by atoms with Crippen molar-refractivity contribution in [3.63, 3.8) is 0 Å². The van der Waals surface area contributed by atoms with Crippen molar-refractivity contribution in [1.82, 2.24) is 10.1 Å². The van der Waals surface area contributed by atoms with Crippen LogP contribution in [0.2, 0.25) is 0 Å². The molecule has 0 N–H and O–H groups in total. The molecule has 7 heteroatoms. The largest absolute Gasteiger partial charge is 0.382 e. The molecule has 28 heavy (non-hydrogen) atoms. The van der Waals surface area contributed by atoms with Crippen LogP contribution in [0.5, 0.6) is 0 Å². The highest BCUT2D eigenvalue weighted by Gasteiger charge is 2.60. The summed E-state index contributed by atoms with van der Waals surface area (Å²) in [4.78, 5) is 38.1. The van der Waals surface area contributed by atoms with Crippen LogP contribution in [0.1, 0.15) is 41.0 Å². The van der Waals surface area contributed by atoms with Crippen LogP contribution in [0, 0.1) is 20.8 Å². The third kappa shape index (κ3) is 3.37. The number of carbonyl (C=O) groups excluding carboxylic acids is 2. The van der Waals surface area contributed by atoms with Gasteiger partial charge in [-0.2, -0.15) is 5.06 Å². The average molecular weight is 390 g/mol. The van der Waals surface area contributed by atoms with Crippen LogP contribution in [-0.4, -0.2) is 67.9 Å². The van der Waals surface area contributed by atoms with Crippen molar-refractivity contribution in [2.24, 2.45) is 0 Å². The zero-order valence-electron chi connectivity index (χ0n) is 17.4. The van der Waals surface area contributed by atoms with Gasteiger partial charge < -0.3 is 9.57 Å². The van der Waals surface area contributed by atoms with Crippen molar-refractivity contribution in [3.8, 4) is 0 Å². The molecule has 1 aromatic carbocycles. The molecule has 2 aliphatic rings. The first-order valence-corrected chi connectivity index (χ1v) is 9.73. The first kappa shape index (κ1) is 20.9. The Balaban J connectivity index is 1.99. The number of hydrogen-bond acceptors (Lipinski definition) is 6. The number of ether oxygens (including phenoxy) is 1. The Labute approximate surface area is 166 Å². The van der Waals surface area contributed by atoms with Gasteiger partial charge in [0.1, 0.15) is 11.5 Å². The van der Waals surface area contributed by atoms with Gasteiger partial charge in [0.25, 0.3) is 5.91 Å². The molecule has 2 heterocycles. The zero-order chi connectivity index (χ0) is 20.5. The van der Waals surface area contributed by atoms with E-state index in [0.717, 1.165) is 22.3 Å². The number of Topliss-reactive ketones (excluding diaryl/α,β-unsaturated/α-hetero) is 1. The van der Waals surface area contributed by atoms with E-state index in [4.69, 9.17) is 14.4 Å². The van der Waals surface area contributed by atoms with Crippen molar-refractivity contribution in [3.05, 3.63) is 34.4 Å². The standard InChI is InChI=1S/C21H30N2O5/c1-14-6-7-17(16(3)15(14)2)18-19(24)21(8-10-22(27-5)11-9-21)23(20(18)25)28-13-12-26-4/h6-7,18H,8-13H2,1-5H3. The lowest BCUT2D eigenvalue weighted by molar-refractivity contribution is -0.232. The first-order valence-electron chi connectivity index (χ1n) is 9.73. The van der Waals surface area contributed by atoms with E-state index in [1.165, 1.54) is 5.06 Å². The van der Waals surface area contributed by atoms with E-state index in [0.29, 0.717) is 32.5 Å². The first-order chi connectivity index (χ1) is 13.4. The van der Waals surface area contributed by atoms with Crippen LogP contribution in [0.4, 0.5) is 0 Å². The molecule has 3 rings (SSSR count). The number of carbonyl (C=O) groups is 2. The second-order valence-electron chi connectivity index (χ2n) is 7.62. The van der Waals surface area contributed by atoms with Gasteiger partial charge in [0.2, 0.25) is 0 Å². The normalized spacial score (nSPS) is 22.5. The van der Waals surface area contributed by atoms with Gasteiger partial charge >= 0.3 is 0 Å². The van der Waals surface area contributed by atoms with Gasteiger partial charge in [-0.1, -0.05) is 12.1 Å². The molecule has 1 amide bonds. The number of benzene rings is 1. The summed E-state index contributed by atoms with van der Waals surface area (Å²) in [5, 5.41) is 3.16. The van der Waals surface area contributed by atoms with E-state index >= 15 is 0 Å². The maximum atomic E-state index is 13.6. The molecule has 1 spiro atoms. The van der Waals surface area contributed by atoms with Crippen LogP contribution in [0.3, 0.4) is 0 Å². The van der Waals surface area contributed by atoms with Crippen LogP contribution in [-0.2, 0) is 24.0 Å². The van der Waals surface area contributed by atoms with Gasteiger partial charge in [-0.05, 0) is 55.9 Å². The predicted molar refractivity (Wildman–Crippen MR) is 104 cm³/mol. The van der Waals surface area contributed by atoms with E-state index in [2.05, 4.69) is 0 Å². The minimum Gasteiger partial charge on any atom is -0.382 e. The molecular formula is C21H30N2O5. The Kier molecular flexibility index (Phi) is 6.19. The Hall–Kier alpha value is -1.80. The summed E-state index contributed by atoms with van der Waals surface area (Å²) in [5.74, 6) is -1.17. The average Bonchev–Trinajstić information content (AvgIpc) is 2.89. The second-order valence-corrected chi connectivity index (χ2v) is 7.62. The lowest BCUT2D eigenvalue weighted by Gasteiger charge is -2.41. The van der Waals surface area contributed by atoms with Crippen molar-refractivity contribution in [2.75, 3.05) is 40.5 Å². The summed E-state index contributed by atoms with van der Waals surface area (Å²) in [6.07, 6.45) is 0.970. The molecule has 1 unspecified atom stereocenters. The maximum absolute atomic E-state index is 13.6. The number of rotatable bonds is 6. The molecule has 0 aromatic heterocycles. The fourth-order valence-corrected chi connectivity index (χ4v) is 4.26. The Morgan fingerprint density at radius 3 is 2.32 bits per heavy atom. The summed E-state index contributed by atoms with van der Waals surface area (Å²) in [5.41, 5.74) is 3.09. The number of hydroxylamine groups is 4. The molecule has 2 saturated heterocycles. The summed E-state index contributed by atoms with van der Waals surface area (Å²) in [6, 6.07) is 3.89. The van der Waals surface area contributed by atoms with Crippen molar-refractivity contribution >= 4 is 11.7 Å². The molecule has 0 saturated carbocycles. The topological polar surface area (TPSA) is 68.3 Å². The molecule has 0 bridgehead atoms. The minimum absolute atomic E-state index is 0.0722. The van der Waals surface area contributed by atoms with Crippen LogP contribution < -0.4 is 0 Å². The quantitative estimate of drug-likeness (QED) is 0.547. The van der Waals surface area contributed by atoms with E-state index in [9.17, 15) is 9.59 Å². The van der Waals surface area contributed by atoms with Gasteiger partial charge in [-0.15, -0.1) is 0 Å². The van der Waals surface area contributed by atoms with E-state index in [1.807, 2.05) is 38.0 Å². The second kappa shape index (κ2) is 8.29. The highest BCUT2D eigenvalue weighted by molar-refractivity contribution is 6.17. The van der Waals surface area contributed by atoms with Crippen LogP contribution in [0.15, 0.2) is 12.1 Å². The van der Waals surface area contributed by atoms with Gasteiger partial charge in [-0.3, -0.25) is 14.4 Å². The Morgan fingerprint density at radius 2 is 1.71 bits per heavy atom. The van der Waals surface area contributed by atoms with Gasteiger partial charge in [0.15, 0.2) is 5.78 Å². The number of amides is 1. The summed E-state index contributed by atoms with van der Waals surface area (Å²) in [6.45, 7) is 7.75. The molecule has 7 nitrogen and oxygen atoms in total. The lowest BCUT2D eigenvalue weighted by atomic mass is 9.79. The number of ketones is 1.